The van der Waals surface area contributed by atoms with Crippen LogP contribution in [0, 0.1) is 0 Å². The fourth-order valence-corrected chi connectivity index (χ4v) is 0.706. The molecule has 0 atom stereocenters. The minimum Gasteiger partial charge on any atom is -0.481 e. The van der Waals surface area contributed by atoms with Gasteiger partial charge >= 0.3 is 11.9 Å². The van der Waals surface area contributed by atoms with Crippen molar-refractivity contribution >= 4 is 11.9 Å². The number of carbonyl (C=O) groups excluding carboxylic acids is 1. The zero-order chi connectivity index (χ0) is 12.1. The van der Waals surface area contributed by atoms with E-state index in [-0.39, 0.29) is 5.97 Å². The van der Waals surface area contributed by atoms with Crippen molar-refractivity contribution in [3.63, 3.8) is 0 Å². The van der Waals surface area contributed by atoms with Crippen molar-refractivity contribution in [2.45, 2.75) is 52.9 Å². The smallest absolute Gasteiger partial charge is 0.305 e. The summed E-state index contributed by atoms with van der Waals surface area (Å²) >= 11 is 0. The van der Waals surface area contributed by atoms with Crippen LogP contribution >= 0.6 is 0 Å². The van der Waals surface area contributed by atoms with E-state index >= 15 is 0 Å². The molecule has 0 saturated heterocycles. The monoisotopic (exact) mass is 218 g/mol. The first-order valence-corrected chi connectivity index (χ1v) is 5.45. The zero-order valence-corrected chi connectivity index (χ0v) is 9.91. The number of hydrogen-bond acceptors (Lipinski definition) is 3. The Labute approximate surface area is 91.6 Å². The van der Waals surface area contributed by atoms with E-state index in [1.165, 1.54) is 0 Å². The van der Waals surface area contributed by atoms with Gasteiger partial charge in [0.1, 0.15) is 0 Å². The maximum atomic E-state index is 10.6. The summed E-state index contributed by atoms with van der Waals surface area (Å²) < 4.78 is 4.79. The highest BCUT2D eigenvalue weighted by molar-refractivity contribution is 5.69. The number of rotatable bonds is 6. The Morgan fingerprint density at radius 3 is 1.80 bits per heavy atom. The summed E-state index contributed by atoms with van der Waals surface area (Å²) in [6, 6.07) is 0. The van der Waals surface area contributed by atoms with Gasteiger partial charge in [0.15, 0.2) is 0 Å². The van der Waals surface area contributed by atoms with E-state index in [1.54, 1.807) is 0 Å². The molecule has 0 fully saturated rings. The molecular formula is C11H22O4. The minimum atomic E-state index is -0.711. The number of carboxylic acid groups (broad SMARTS) is 1. The van der Waals surface area contributed by atoms with Crippen molar-refractivity contribution < 1.29 is 19.4 Å². The Morgan fingerprint density at radius 2 is 1.53 bits per heavy atom. The topological polar surface area (TPSA) is 63.6 Å². The Hall–Kier alpha value is -1.06. The Bertz CT molecular complexity index is 166. The Kier molecular flexibility index (Phi) is 14.1. The van der Waals surface area contributed by atoms with Crippen LogP contribution in [0.1, 0.15) is 52.9 Å². The third-order valence-electron chi connectivity index (χ3n) is 1.39. The number of ether oxygens (including phenoxy) is 1. The Balaban J connectivity index is 0. The highest BCUT2D eigenvalue weighted by atomic mass is 16.5. The fourth-order valence-electron chi connectivity index (χ4n) is 0.706. The number of esters is 1. The van der Waals surface area contributed by atoms with Crippen LogP contribution in [0.3, 0.4) is 0 Å². The molecule has 0 aromatic carbocycles. The van der Waals surface area contributed by atoms with Crippen LogP contribution in [0.25, 0.3) is 0 Å². The molecule has 0 radical (unpaired) electrons. The first kappa shape index (κ1) is 16.4. The molecule has 4 nitrogen and oxygen atoms in total. The van der Waals surface area contributed by atoms with Crippen LogP contribution in [-0.4, -0.2) is 23.7 Å². The molecule has 15 heavy (non-hydrogen) atoms. The molecule has 0 unspecified atom stereocenters. The standard InChI is InChI=1S/C7H14O2.C4H8O2/c1-3-5-7(8)9-6-4-2;1-2-3-4(5)6/h3-6H2,1-2H3;2-3H2,1H3,(H,5,6). The number of hydrogen-bond donors (Lipinski definition) is 1. The molecule has 0 spiro atoms. The van der Waals surface area contributed by atoms with Crippen molar-refractivity contribution in [3.8, 4) is 0 Å². The van der Waals surface area contributed by atoms with Gasteiger partial charge in [0.05, 0.1) is 6.61 Å². The molecule has 4 heteroatoms. The maximum absolute atomic E-state index is 10.6. The molecule has 0 aliphatic heterocycles. The van der Waals surface area contributed by atoms with Gasteiger partial charge in [-0.05, 0) is 19.3 Å². The second kappa shape index (κ2) is 12.9. The van der Waals surface area contributed by atoms with Crippen LogP contribution in [0.2, 0.25) is 0 Å². The van der Waals surface area contributed by atoms with E-state index in [2.05, 4.69) is 0 Å². The van der Waals surface area contributed by atoms with E-state index in [9.17, 15) is 9.59 Å². The lowest BCUT2D eigenvalue weighted by Gasteiger charge is -1.99. The summed E-state index contributed by atoms with van der Waals surface area (Å²) in [5.41, 5.74) is 0. The normalized spacial score (nSPS) is 8.73. The summed E-state index contributed by atoms with van der Waals surface area (Å²) in [5.74, 6) is -0.781. The largest absolute Gasteiger partial charge is 0.481 e. The molecule has 0 aromatic heterocycles. The molecule has 0 aromatic rings. The molecule has 0 bridgehead atoms. The van der Waals surface area contributed by atoms with Crippen molar-refractivity contribution in [1.29, 1.82) is 0 Å². The second-order valence-corrected chi connectivity index (χ2v) is 3.11. The average Bonchev–Trinajstić information content (AvgIpc) is 2.16. The van der Waals surface area contributed by atoms with Crippen LogP contribution in [0.4, 0.5) is 0 Å². The zero-order valence-electron chi connectivity index (χ0n) is 9.91. The van der Waals surface area contributed by atoms with Gasteiger partial charge in [-0.15, -0.1) is 0 Å². The molecular weight excluding hydrogens is 196 g/mol. The van der Waals surface area contributed by atoms with Gasteiger partial charge in [-0.2, -0.15) is 0 Å². The number of aliphatic carboxylic acids is 1. The van der Waals surface area contributed by atoms with Gasteiger partial charge in [-0.1, -0.05) is 20.8 Å². The quantitative estimate of drug-likeness (QED) is 0.696. The second-order valence-electron chi connectivity index (χ2n) is 3.11. The van der Waals surface area contributed by atoms with E-state index in [0.717, 1.165) is 19.3 Å². The van der Waals surface area contributed by atoms with Gasteiger partial charge in [0.2, 0.25) is 0 Å². The Morgan fingerprint density at radius 1 is 1.00 bits per heavy atom. The van der Waals surface area contributed by atoms with Gasteiger partial charge in [0, 0.05) is 12.8 Å². The lowest BCUT2D eigenvalue weighted by molar-refractivity contribution is -0.143. The van der Waals surface area contributed by atoms with Crippen molar-refractivity contribution in [2.24, 2.45) is 0 Å². The van der Waals surface area contributed by atoms with E-state index < -0.39 is 5.97 Å². The van der Waals surface area contributed by atoms with E-state index in [4.69, 9.17) is 9.84 Å². The number of carboxylic acids is 1. The van der Waals surface area contributed by atoms with E-state index in [0.29, 0.717) is 19.4 Å². The lowest BCUT2D eigenvalue weighted by Crippen LogP contribution is -2.03. The summed E-state index contributed by atoms with van der Waals surface area (Å²) in [7, 11) is 0. The van der Waals surface area contributed by atoms with Crippen molar-refractivity contribution in [3.05, 3.63) is 0 Å². The van der Waals surface area contributed by atoms with Crippen LogP contribution < -0.4 is 0 Å². The van der Waals surface area contributed by atoms with Gasteiger partial charge < -0.3 is 9.84 Å². The molecule has 0 aliphatic carbocycles. The fraction of sp³-hybridized carbons (Fsp3) is 0.818. The van der Waals surface area contributed by atoms with Gasteiger partial charge in [0.25, 0.3) is 0 Å². The lowest BCUT2D eigenvalue weighted by atomic mass is 10.3. The third kappa shape index (κ3) is 19.4. The molecule has 0 amide bonds. The van der Waals surface area contributed by atoms with Crippen molar-refractivity contribution in [2.75, 3.05) is 6.61 Å². The molecule has 0 heterocycles. The SMILES string of the molecule is CCCC(=O)O.CCCOC(=O)CCC. The van der Waals surface area contributed by atoms with Crippen LogP contribution in [-0.2, 0) is 14.3 Å². The highest BCUT2D eigenvalue weighted by Gasteiger charge is 1.96. The third-order valence-corrected chi connectivity index (χ3v) is 1.39. The molecule has 90 valence electrons. The summed E-state index contributed by atoms with van der Waals surface area (Å²) in [5, 5.41) is 7.91. The summed E-state index contributed by atoms with van der Waals surface area (Å²) in [6.07, 6.45) is 3.37. The highest BCUT2D eigenvalue weighted by Crippen LogP contribution is 1.91. The van der Waals surface area contributed by atoms with Crippen molar-refractivity contribution in [1.82, 2.24) is 0 Å². The van der Waals surface area contributed by atoms with Gasteiger partial charge in [-0.25, -0.2) is 0 Å². The predicted molar refractivity (Wildman–Crippen MR) is 58.7 cm³/mol. The van der Waals surface area contributed by atoms with Crippen LogP contribution in [0.15, 0.2) is 0 Å². The van der Waals surface area contributed by atoms with E-state index in [1.807, 2.05) is 20.8 Å². The molecule has 1 N–H and O–H groups in total. The first-order valence-electron chi connectivity index (χ1n) is 5.45. The average molecular weight is 218 g/mol. The molecule has 0 saturated carbocycles. The summed E-state index contributed by atoms with van der Waals surface area (Å²) in [6.45, 7) is 6.36. The summed E-state index contributed by atoms with van der Waals surface area (Å²) in [4.78, 5) is 20.2. The maximum Gasteiger partial charge on any atom is 0.305 e. The van der Waals surface area contributed by atoms with Gasteiger partial charge in [-0.3, -0.25) is 9.59 Å². The molecule has 0 aliphatic rings. The minimum absolute atomic E-state index is 0.0700. The predicted octanol–water partition coefficient (Wildman–Crippen LogP) is 2.61. The number of carbonyl (C=O) groups is 2. The van der Waals surface area contributed by atoms with Crippen LogP contribution in [0.5, 0.6) is 0 Å². The molecule has 0 rings (SSSR count). The first-order chi connectivity index (χ1) is 7.08.